The van der Waals surface area contributed by atoms with Gasteiger partial charge in [0, 0.05) is 12.1 Å². The van der Waals surface area contributed by atoms with Crippen LogP contribution in [0.2, 0.25) is 0 Å². The van der Waals surface area contributed by atoms with E-state index in [-0.39, 0.29) is 0 Å². The predicted octanol–water partition coefficient (Wildman–Crippen LogP) is 7.94. The summed E-state index contributed by atoms with van der Waals surface area (Å²) in [5.41, 5.74) is 4.10. The number of hydrogen-bond acceptors (Lipinski definition) is 5. The first-order chi connectivity index (χ1) is 15.6. The van der Waals surface area contributed by atoms with Crippen LogP contribution in [0.3, 0.4) is 0 Å². The predicted molar refractivity (Wildman–Crippen MR) is 144 cm³/mol. The number of ether oxygens (including phenoxy) is 1. The standard InChI is InChI=1S/C25H29N3OS.C2H6/c1-6-22-23(7-2)28-25(29-5)24(27-22)21-16-13-15-20(18-21)14-11-9-10-12-17-26-19(4)30-8-3;1-2/h6-8,11,13-16,18H,1-3,9-10,12,17H2,4-5H3;1-2H3/b14-11+,26-19?;. The number of benzene rings is 1. The molecule has 0 radical (unpaired) electrons. The van der Waals surface area contributed by atoms with E-state index in [1.54, 1.807) is 31.0 Å². The summed E-state index contributed by atoms with van der Waals surface area (Å²) in [5.74, 6) is 0.474. The fourth-order valence-corrected chi connectivity index (χ4v) is 3.26. The summed E-state index contributed by atoms with van der Waals surface area (Å²) in [5, 5.41) is 2.87. The van der Waals surface area contributed by atoms with E-state index in [1.807, 2.05) is 38.3 Å². The van der Waals surface area contributed by atoms with Gasteiger partial charge in [-0.15, -0.1) is 0 Å². The van der Waals surface area contributed by atoms with Gasteiger partial charge in [-0.25, -0.2) is 9.97 Å². The Morgan fingerprint density at radius 1 is 1.09 bits per heavy atom. The summed E-state index contributed by atoms with van der Waals surface area (Å²) < 4.78 is 5.46. The second kappa shape index (κ2) is 15.8. The molecule has 5 heteroatoms. The first-order valence-corrected chi connectivity index (χ1v) is 11.8. The molecule has 1 heterocycles. The number of thioether (sulfide) groups is 1. The van der Waals surface area contributed by atoms with Gasteiger partial charge in [0.1, 0.15) is 5.69 Å². The second-order valence-corrected chi connectivity index (χ2v) is 7.63. The van der Waals surface area contributed by atoms with Crippen molar-refractivity contribution in [1.82, 2.24) is 9.97 Å². The molecule has 170 valence electrons. The molecule has 0 saturated heterocycles. The average Bonchev–Trinajstić information content (AvgIpc) is 2.84. The minimum Gasteiger partial charge on any atom is -0.479 e. The number of nitrogens with zero attached hydrogens (tertiary/aromatic N) is 3. The van der Waals surface area contributed by atoms with Crippen LogP contribution in [0.1, 0.15) is 57.0 Å². The Balaban J connectivity index is 0.00000249. The lowest BCUT2D eigenvalue weighted by Gasteiger charge is -2.10. The molecule has 0 aliphatic heterocycles. The van der Waals surface area contributed by atoms with Crippen molar-refractivity contribution in [1.29, 1.82) is 0 Å². The fraction of sp³-hybridized carbons (Fsp3) is 0.296. The van der Waals surface area contributed by atoms with Gasteiger partial charge in [0.2, 0.25) is 5.88 Å². The zero-order valence-corrected chi connectivity index (χ0v) is 20.6. The zero-order valence-electron chi connectivity index (χ0n) is 19.8. The highest BCUT2D eigenvalue weighted by atomic mass is 32.2. The molecule has 0 unspecified atom stereocenters. The third-order valence-corrected chi connectivity index (χ3v) is 4.97. The molecule has 0 saturated carbocycles. The molecule has 0 bridgehead atoms. The fourth-order valence-electron chi connectivity index (χ4n) is 2.85. The largest absolute Gasteiger partial charge is 0.479 e. The van der Waals surface area contributed by atoms with Crippen molar-refractivity contribution >= 4 is 35.0 Å². The molecular formula is C27H35N3OS. The highest BCUT2D eigenvalue weighted by Gasteiger charge is 2.13. The van der Waals surface area contributed by atoms with Crippen molar-refractivity contribution < 1.29 is 4.74 Å². The number of unbranched alkanes of at least 4 members (excludes halogenated alkanes) is 2. The maximum absolute atomic E-state index is 5.46. The lowest BCUT2D eigenvalue weighted by atomic mass is 10.1. The Bertz CT molecular complexity index is 948. The molecule has 4 nitrogen and oxygen atoms in total. The van der Waals surface area contributed by atoms with Gasteiger partial charge in [0.15, 0.2) is 0 Å². The van der Waals surface area contributed by atoms with Crippen LogP contribution < -0.4 is 4.74 Å². The number of rotatable bonds is 11. The topological polar surface area (TPSA) is 47.4 Å². The van der Waals surface area contributed by atoms with Gasteiger partial charge in [-0.05, 0) is 55.4 Å². The number of methoxy groups -OCH3 is 1. The number of aromatic nitrogens is 2. The first kappa shape index (κ1) is 27.1. The number of allylic oxidation sites excluding steroid dienone is 1. The highest BCUT2D eigenvalue weighted by molar-refractivity contribution is 8.16. The molecule has 0 atom stereocenters. The van der Waals surface area contributed by atoms with E-state index in [0.717, 1.165) is 42.0 Å². The number of aliphatic imine (C=N–C) groups is 1. The molecule has 0 N–H and O–H groups in total. The van der Waals surface area contributed by atoms with E-state index in [0.29, 0.717) is 23.0 Å². The van der Waals surface area contributed by atoms with Crippen LogP contribution in [0.15, 0.2) is 60.5 Å². The van der Waals surface area contributed by atoms with Gasteiger partial charge in [0.05, 0.1) is 23.5 Å². The molecule has 0 aliphatic rings. The van der Waals surface area contributed by atoms with Crippen LogP contribution in [-0.2, 0) is 0 Å². The average molecular weight is 450 g/mol. The van der Waals surface area contributed by atoms with Crippen molar-refractivity contribution in [2.75, 3.05) is 13.7 Å². The SMILES string of the molecule is C=CSC(C)=NCCCC/C=C/c1cccc(-c2nc(C=C)c(C=C)nc2OC)c1.CC. The Kier molecular flexibility index (Phi) is 13.4. The van der Waals surface area contributed by atoms with Gasteiger partial charge in [-0.3, -0.25) is 4.99 Å². The highest BCUT2D eigenvalue weighted by Crippen LogP contribution is 2.29. The van der Waals surface area contributed by atoms with E-state index < -0.39 is 0 Å². The van der Waals surface area contributed by atoms with Crippen LogP contribution in [0, 0.1) is 0 Å². The molecule has 2 aromatic rings. The summed E-state index contributed by atoms with van der Waals surface area (Å²) in [6, 6.07) is 8.18. The van der Waals surface area contributed by atoms with Gasteiger partial charge < -0.3 is 4.74 Å². The lowest BCUT2D eigenvalue weighted by molar-refractivity contribution is 0.397. The van der Waals surface area contributed by atoms with Gasteiger partial charge in [-0.2, -0.15) is 0 Å². The molecule has 0 aliphatic carbocycles. The van der Waals surface area contributed by atoms with E-state index in [9.17, 15) is 0 Å². The van der Waals surface area contributed by atoms with Crippen molar-refractivity contribution in [3.05, 3.63) is 72.4 Å². The van der Waals surface area contributed by atoms with Crippen LogP contribution in [0.5, 0.6) is 5.88 Å². The molecule has 1 aromatic carbocycles. The van der Waals surface area contributed by atoms with Crippen LogP contribution >= 0.6 is 11.8 Å². The first-order valence-electron chi connectivity index (χ1n) is 10.9. The van der Waals surface area contributed by atoms with Gasteiger partial charge in [0.25, 0.3) is 0 Å². The van der Waals surface area contributed by atoms with Crippen LogP contribution in [0.25, 0.3) is 29.5 Å². The maximum Gasteiger partial charge on any atom is 0.240 e. The molecule has 0 fully saturated rings. The molecule has 2 rings (SSSR count). The second-order valence-electron chi connectivity index (χ2n) is 6.47. The van der Waals surface area contributed by atoms with E-state index >= 15 is 0 Å². The molecule has 1 aromatic heterocycles. The van der Waals surface area contributed by atoms with E-state index in [2.05, 4.69) is 59.0 Å². The quantitative estimate of drug-likeness (QED) is 0.198. The summed E-state index contributed by atoms with van der Waals surface area (Å²) in [7, 11) is 1.60. The number of hydrogen-bond donors (Lipinski definition) is 0. The Morgan fingerprint density at radius 3 is 2.47 bits per heavy atom. The third-order valence-electron chi connectivity index (χ3n) is 4.34. The van der Waals surface area contributed by atoms with E-state index in [1.165, 1.54) is 0 Å². The molecule has 0 spiro atoms. The zero-order chi connectivity index (χ0) is 23.8. The normalized spacial score (nSPS) is 10.9. The molecule has 0 amide bonds. The Morgan fingerprint density at radius 2 is 1.81 bits per heavy atom. The summed E-state index contributed by atoms with van der Waals surface area (Å²) >= 11 is 1.57. The monoisotopic (exact) mass is 449 g/mol. The van der Waals surface area contributed by atoms with Crippen molar-refractivity contribution in [3.8, 4) is 17.1 Å². The van der Waals surface area contributed by atoms with E-state index in [4.69, 9.17) is 4.74 Å². The molecule has 32 heavy (non-hydrogen) atoms. The maximum atomic E-state index is 5.46. The minimum atomic E-state index is 0.474. The smallest absolute Gasteiger partial charge is 0.240 e. The van der Waals surface area contributed by atoms with Gasteiger partial charge in [-0.1, -0.05) is 75.7 Å². The third kappa shape index (κ3) is 8.67. The summed E-state index contributed by atoms with van der Waals surface area (Å²) in [6.45, 7) is 18.2. The van der Waals surface area contributed by atoms with Crippen LogP contribution in [0.4, 0.5) is 0 Å². The van der Waals surface area contributed by atoms with Crippen molar-refractivity contribution in [2.24, 2.45) is 4.99 Å². The summed E-state index contributed by atoms with van der Waals surface area (Å²) in [6.07, 6.45) is 10.9. The molecular weight excluding hydrogens is 414 g/mol. The van der Waals surface area contributed by atoms with Crippen molar-refractivity contribution in [3.63, 3.8) is 0 Å². The van der Waals surface area contributed by atoms with Crippen LogP contribution in [-0.4, -0.2) is 28.7 Å². The Labute approximate surface area is 198 Å². The van der Waals surface area contributed by atoms with Crippen molar-refractivity contribution in [2.45, 2.75) is 40.0 Å². The summed E-state index contributed by atoms with van der Waals surface area (Å²) in [4.78, 5) is 13.7. The van der Waals surface area contributed by atoms with Gasteiger partial charge >= 0.3 is 0 Å². The minimum absolute atomic E-state index is 0.474. The Hall–Kier alpha value is -2.92. The lowest BCUT2D eigenvalue weighted by Crippen LogP contribution is -2.00.